The van der Waals surface area contributed by atoms with Crippen LogP contribution in [0.25, 0.3) is 0 Å². The van der Waals surface area contributed by atoms with Gasteiger partial charge in [0, 0.05) is 13.1 Å². The Kier molecular flexibility index (Phi) is 5.21. The summed E-state index contributed by atoms with van der Waals surface area (Å²) in [6, 6.07) is 7.47. The van der Waals surface area contributed by atoms with E-state index < -0.39 is 0 Å². The standard InChI is InChI=1S/C18H25N5O2/c1-12(2)25-15-7-4-6-14(10-15)11-19-18(24)21-16-8-5-9-23-17(16)20-13(3)22-23/h4,6-7,10,12,16H,5,8-9,11H2,1-3H3,(H2,19,21,24)/t16-/m0/s1. The molecule has 1 aromatic carbocycles. The fourth-order valence-corrected chi connectivity index (χ4v) is 3.00. The van der Waals surface area contributed by atoms with Crippen LogP contribution in [-0.4, -0.2) is 26.9 Å². The van der Waals surface area contributed by atoms with E-state index in [2.05, 4.69) is 20.7 Å². The van der Waals surface area contributed by atoms with E-state index in [4.69, 9.17) is 4.74 Å². The first-order valence-corrected chi connectivity index (χ1v) is 8.72. The molecule has 1 aromatic heterocycles. The predicted molar refractivity (Wildman–Crippen MR) is 94.3 cm³/mol. The quantitative estimate of drug-likeness (QED) is 0.875. The summed E-state index contributed by atoms with van der Waals surface area (Å²) in [6.07, 6.45) is 1.98. The zero-order valence-corrected chi connectivity index (χ0v) is 15.0. The average Bonchev–Trinajstić information content (AvgIpc) is 2.94. The van der Waals surface area contributed by atoms with Crippen LogP contribution in [0.1, 0.15) is 49.9 Å². The molecule has 0 aliphatic carbocycles. The molecule has 25 heavy (non-hydrogen) atoms. The van der Waals surface area contributed by atoms with Gasteiger partial charge < -0.3 is 15.4 Å². The maximum absolute atomic E-state index is 12.3. The summed E-state index contributed by atoms with van der Waals surface area (Å²) in [7, 11) is 0. The summed E-state index contributed by atoms with van der Waals surface area (Å²) in [6.45, 7) is 7.15. The normalized spacial score (nSPS) is 16.4. The molecule has 0 spiro atoms. The molecule has 0 radical (unpaired) electrons. The van der Waals surface area contributed by atoms with Crippen molar-refractivity contribution in [1.29, 1.82) is 0 Å². The van der Waals surface area contributed by atoms with Gasteiger partial charge in [-0.2, -0.15) is 5.10 Å². The highest BCUT2D eigenvalue weighted by Gasteiger charge is 2.24. The maximum Gasteiger partial charge on any atom is 0.315 e. The highest BCUT2D eigenvalue weighted by Crippen LogP contribution is 2.22. The molecule has 3 rings (SSSR count). The molecule has 1 aliphatic heterocycles. The third-order valence-corrected chi connectivity index (χ3v) is 4.01. The first-order chi connectivity index (χ1) is 12.0. The summed E-state index contributed by atoms with van der Waals surface area (Å²) in [4.78, 5) is 16.7. The van der Waals surface area contributed by atoms with E-state index in [1.165, 1.54) is 0 Å². The Morgan fingerprint density at radius 1 is 1.44 bits per heavy atom. The van der Waals surface area contributed by atoms with Gasteiger partial charge in [-0.1, -0.05) is 12.1 Å². The lowest BCUT2D eigenvalue weighted by Gasteiger charge is -2.23. The van der Waals surface area contributed by atoms with E-state index in [0.29, 0.717) is 6.54 Å². The van der Waals surface area contributed by atoms with Crippen LogP contribution in [0.4, 0.5) is 4.79 Å². The number of amides is 2. The lowest BCUT2D eigenvalue weighted by Crippen LogP contribution is -2.39. The van der Waals surface area contributed by atoms with E-state index in [1.54, 1.807) is 0 Å². The zero-order valence-electron chi connectivity index (χ0n) is 15.0. The second-order valence-corrected chi connectivity index (χ2v) is 6.58. The Morgan fingerprint density at radius 3 is 3.08 bits per heavy atom. The minimum absolute atomic E-state index is 0.0921. The molecular weight excluding hydrogens is 318 g/mol. The van der Waals surface area contributed by atoms with Crippen LogP contribution in [0.15, 0.2) is 24.3 Å². The fourth-order valence-electron chi connectivity index (χ4n) is 3.00. The molecule has 0 fully saturated rings. The second-order valence-electron chi connectivity index (χ2n) is 6.58. The number of carbonyl (C=O) groups is 1. The lowest BCUT2D eigenvalue weighted by molar-refractivity contribution is 0.232. The van der Waals surface area contributed by atoms with Crippen molar-refractivity contribution in [2.24, 2.45) is 0 Å². The number of aromatic nitrogens is 3. The number of nitrogens with one attached hydrogen (secondary N) is 2. The number of hydrogen-bond donors (Lipinski definition) is 2. The molecule has 2 heterocycles. The Balaban J connectivity index is 1.55. The highest BCUT2D eigenvalue weighted by atomic mass is 16.5. The molecule has 134 valence electrons. The molecule has 1 aliphatic rings. The van der Waals surface area contributed by atoms with E-state index in [0.717, 1.165) is 42.3 Å². The smallest absolute Gasteiger partial charge is 0.315 e. The minimum Gasteiger partial charge on any atom is -0.491 e. The Hall–Kier alpha value is -2.57. The number of rotatable bonds is 5. The van der Waals surface area contributed by atoms with Crippen LogP contribution in [0.2, 0.25) is 0 Å². The number of aryl methyl sites for hydroxylation is 2. The Morgan fingerprint density at radius 2 is 2.28 bits per heavy atom. The number of hydrogen-bond acceptors (Lipinski definition) is 4. The predicted octanol–water partition coefficient (Wildman–Crippen LogP) is 2.71. The number of fused-ring (bicyclic) bond motifs is 1. The van der Waals surface area contributed by atoms with Gasteiger partial charge in [0.1, 0.15) is 17.4 Å². The SMILES string of the molecule is Cc1nc2n(n1)CCC[C@@H]2NC(=O)NCc1cccc(OC(C)C)c1. The van der Waals surface area contributed by atoms with Gasteiger partial charge in [0.05, 0.1) is 12.1 Å². The molecule has 0 saturated carbocycles. The highest BCUT2D eigenvalue weighted by molar-refractivity contribution is 5.74. The van der Waals surface area contributed by atoms with Crippen LogP contribution in [0.3, 0.4) is 0 Å². The molecular formula is C18H25N5O2. The second kappa shape index (κ2) is 7.55. The summed E-state index contributed by atoms with van der Waals surface area (Å²) < 4.78 is 7.56. The van der Waals surface area contributed by atoms with Crippen LogP contribution in [-0.2, 0) is 13.1 Å². The molecule has 0 unspecified atom stereocenters. The van der Waals surface area contributed by atoms with Crippen molar-refractivity contribution in [3.8, 4) is 5.75 Å². The molecule has 1 atom stereocenters. The molecule has 0 bridgehead atoms. The van der Waals surface area contributed by atoms with Crippen LogP contribution in [0, 0.1) is 6.92 Å². The number of urea groups is 1. The van der Waals surface area contributed by atoms with Crippen LogP contribution < -0.4 is 15.4 Å². The molecule has 2 aromatic rings. The van der Waals surface area contributed by atoms with Crippen molar-refractivity contribution in [2.75, 3.05) is 0 Å². The van der Waals surface area contributed by atoms with E-state index in [9.17, 15) is 4.79 Å². The summed E-state index contributed by atoms with van der Waals surface area (Å²) in [5, 5.41) is 10.3. The monoisotopic (exact) mass is 343 g/mol. The third kappa shape index (κ3) is 4.49. The van der Waals surface area contributed by atoms with Crippen molar-refractivity contribution in [3.63, 3.8) is 0 Å². The van der Waals surface area contributed by atoms with Crippen molar-refractivity contribution >= 4 is 6.03 Å². The molecule has 2 N–H and O–H groups in total. The minimum atomic E-state index is -0.200. The number of benzene rings is 1. The Bertz CT molecular complexity index is 741. The number of ether oxygens (including phenoxy) is 1. The zero-order chi connectivity index (χ0) is 17.8. The number of nitrogens with zero attached hydrogens (tertiary/aromatic N) is 3. The van der Waals surface area contributed by atoms with Gasteiger partial charge in [-0.25, -0.2) is 14.5 Å². The molecule has 2 amide bonds. The topological polar surface area (TPSA) is 81.1 Å². The van der Waals surface area contributed by atoms with Gasteiger partial charge in [0.15, 0.2) is 0 Å². The van der Waals surface area contributed by atoms with Gasteiger partial charge in [0.2, 0.25) is 0 Å². The molecule has 0 saturated heterocycles. The van der Waals surface area contributed by atoms with Gasteiger partial charge in [-0.05, 0) is 51.3 Å². The number of carbonyl (C=O) groups excluding carboxylic acids is 1. The summed E-state index contributed by atoms with van der Waals surface area (Å²) in [5.41, 5.74) is 0.996. The summed E-state index contributed by atoms with van der Waals surface area (Å²) >= 11 is 0. The van der Waals surface area contributed by atoms with E-state index >= 15 is 0 Å². The largest absolute Gasteiger partial charge is 0.491 e. The van der Waals surface area contributed by atoms with Crippen molar-refractivity contribution in [3.05, 3.63) is 41.5 Å². The van der Waals surface area contributed by atoms with Crippen molar-refractivity contribution in [1.82, 2.24) is 25.4 Å². The van der Waals surface area contributed by atoms with Gasteiger partial charge >= 0.3 is 6.03 Å². The average molecular weight is 343 g/mol. The maximum atomic E-state index is 12.3. The first-order valence-electron chi connectivity index (χ1n) is 8.72. The van der Waals surface area contributed by atoms with Crippen LogP contribution >= 0.6 is 0 Å². The van der Waals surface area contributed by atoms with Crippen molar-refractivity contribution < 1.29 is 9.53 Å². The summed E-state index contributed by atoms with van der Waals surface area (Å²) in [5.74, 6) is 2.39. The van der Waals surface area contributed by atoms with E-state index in [-0.39, 0.29) is 18.2 Å². The first kappa shape index (κ1) is 17.3. The van der Waals surface area contributed by atoms with E-state index in [1.807, 2.05) is 49.7 Å². The van der Waals surface area contributed by atoms with Gasteiger partial charge in [-0.15, -0.1) is 0 Å². The third-order valence-electron chi connectivity index (χ3n) is 4.01. The Labute approximate surface area is 147 Å². The fraction of sp³-hybridized carbons (Fsp3) is 0.500. The molecule has 7 nitrogen and oxygen atoms in total. The molecule has 7 heteroatoms. The van der Waals surface area contributed by atoms with Gasteiger partial charge in [-0.3, -0.25) is 0 Å². The lowest BCUT2D eigenvalue weighted by atomic mass is 10.1. The van der Waals surface area contributed by atoms with Crippen molar-refractivity contribution in [2.45, 2.75) is 58.8 Å². The van der Waals surface area contributed by atoms with Crippen LogP contribution in [0.5, 0.6) is 5.75 Å². The van der Waals surface area contributed by atoms with Gasteiger partial charge in [0.25, 0.3) is 0 Å².